The van der Waals surface area contributed by atoms with Crippen molar-refractivity contribution in [3.63, 3.8) is 0 Å². The van der Waals surface area contributed by atoms with Gasteiger partial charge in [-0.15, -0.1) is 0 Å². The summed E-state index contributed by atoms with van der Waals surface area (Å²) in [4.78, 5) is 14.4. The Morgan fingerprint density at radius 1 is 0.537 bits per heavy atom. The Labute approximate surface area is 344 Å². The van der Waals surface area contributed by atoms with Gasteiger partial charge in [-0.1, -0.05) is 166 Å². The minimum atomic E-state index is -4.10. The Morgan fingerprint density at radius 3 is 1.22 bits per heavy atom. The summed E-state index contributed by atoms with van der Waals surface area (Å²) in [7, 11) is -15.1. The van der Waals surface area contributed by atoms with Crippen LogP contribution < -0.4 is 15.7 Å². The first-order valence-electron chi connectivity index (χ1n) is 20.2. The Bertz CT molecular complexity index is 1690. The van der Waals surface area contributed by atoms with Crippen molar-refractivity contribution in [2.75, 3.05) is 5.32 Å². The van der Waals surface area contributed by atoms with Crippen LogP contribution in [-0.2, 0) is 4.43 Å². The molecular weight excluding hydrogens is 791 g/mol. The lowest BCUT2D eigenvalue weighted by Crippen LogP contribution is -2.68. The molecule has 0 bridgehead atoms. The average Bonchev–Trinajstić information content (AvgIpc) is 2.87. The minimum Gasteiger partial charge on any atom is -0.492 e. The highest BCUT2D eigenvalue weighted by atomic mass is 32.1. The smallest absolute Gasteiger partial charge is 0.468 e. The predicted octanol–water partition coefficient (Wildman–Crippen LogP) is 12.1. The average molecular weight is 869 g/mol. The van der Waals surface area contributed by atoms with E-state index in [0.717, 1.165) is 27.2 Å². The third-order valence-corrected chi connectivity index (χ3v) is 42.4. The highest BCUT2D eigenvalue weighted by Gasteiger charge is 2.54. The number of anilines is 1. The Hall–Kier alpha value is -1.17. The van der Waals surface area contributed by atoms with Crippen LogP contribution in [0.1, 0.15) is 48.9 Å². The number of para-hydroxylation sites is 1. The van der Waals surface area contributed by atoms with Gasteiger partial charge in [-0.3, -0.25) is 0 Å². The van der Waals surface area contributed by atoms with Gasteiger partial charge in [-0.25, -0.2) is 0 Å². The third kappa shape index (κ3) is 10.9. The monoisotopic (exact) mass is 867 g/mol. The van der Waals surface area contributed by atoms with Gasteiger partial charge < -0.3 is 14.5 Å². The maximum absolute atomic E-state index is 14.4. The molecule has 0 amide bonds. The highest BCUT2D eigenvalue weighted by molar-refractivity contribution is 7.80. The van der Waals surface area contributed by atoms with E-state index >= 15 is 0 Å². The summed E-state index contributed by atoms with van der Waals surface area (Å²) in [6.45, 7) is 52.9. The van der Waals surface area contributed by atoms with Crippen molar-refractivity contribution in [1.82, 2.24) is 0 Å². The number of rotatable bonds is 13. The van der Waals surface area contributed by atoms with Crippen molar-refractivity contribution in [3.8, 4) is 0 Å². The normalized spacial score (nSPS) is 14.8. The molecule has 3 rings (SSSR count). The Kier molecular flexibility index (Phi) is 14.2. The van der Waals surface area contributed by atoms with Crippen LogP contribution in [-0.4, -0.2) is 67.0 Å². The second-order valence-electron chi connectivity index (χ2n) is 22.9. The molecule has 0 radical (unpaired) electrons. The predicted molar refractivity (Wildman–Crippen MR) is 266 cm³/mol. The molecule has 0 saturated carbocycles. The van der Waals surface area contributed by atoms with E-state index in [9.17, 15) is 4.80 Å². The molecule has 0 spiro atoms. The molecule has 0 heterocycles. The Morgan fingerprint density at radius 2 is 0.889 bits per heavy atom. The number of benzene rings is 3. The lowest BCUT2D eigenvalue weighted by Gasteiger charge is -2.47. The number of nitrogens with one attached hydrogen (secondary N) is 1. The summed E-state index contributed by atoms with van der Waals surface area (Å²) >= 11 is 6.16. The van der Waals surface area contributed by atoms with Crippen LogP contribution in [0, 0.1) is 20.8 Å². The number of aryl methyl sites for hydroxylation is 3. The van der Waals surface area contributed by atoms with Gasteiger partial charge >= 0.3 is 8.56 Å². The summed E-state index contributed by atoms with van der Waals surface area (Å²) in [6, 6.07) is 19.8. The van der Waals surface area contributed by atoms with Gasteiger partial charge in [0.2, 0.25) is 5.17 Å². The fraction of sp³-hybridized carbons (Fsp3) is 0.558. The molecule has 0 fully saturated rings. The van der Waals surface area contributed by atoms with E-state index in [1.165, 1.54) is 16.7 Å². The van der Waals surface area contributed by atoms with Crippen LogP contribution in [0.15, 0.2) is 54.6 Å². The molecule has 11 heteroatoms. The largest absolute Gasteiger partial charge is 0.492 e. The molecule has 0 aliphatic carbocycles. The van der Waals surface area contributed by atoms with Gasteiger partial charge in [0.05, 0.1) is 0 Å². The van der Waals surface area contributed by atoms with Gasteiger partial charge in [0, 0.05) is 64.5 Å². The van der Waals surface area contributed by atoms with Crippen LogP contribution in [0.3, 0.4) is 0 Å². The molecule has 0 aliphatic heterocycles. The molecule has 1 atom stereocenters. The summed E-state index contributed by atoms with van der Waals surface area (Å²) in [6.07, 6.45) is 0. The fourth-order valence-electron chi connectivity index (χ4n) is 11.2. The first kappa shape index (κ1) is 47.2. The maximum Gasteiger partial charge on any atom is 0.468 e. The molecule has 54 heavy (non-hydrogen) atoms. The number of hydrogen-bond acceptors (Lipinski definition) is 3. The van der Waals surface area contributed by atoms with Crippen molar-refractivity contribution in [2.24, 2.45) is 0 Å². The Balaban J connectivity index is 2.85. The first-order chi connectivity index (χ1) is 24.1. The molecule has 3 nitrogen and oxygen atoms in total. The van der Waals surface area contributed by atoms with E-state index in [-0.39, 0.29) is 5.17 Å². The molecule has 2 N–H and O–H groups in total. The lowest BCUT2D eigenvalue weighted by atomic mass is 10.1. The molecular formula is C43H77NO2SSi7. The molecule has 0 aromatic heterocycles. The van der Waals surface area contributed by atoms with Crippen LogP contribution in [0.25, 0.3) is 0 Å². The van der Waals surface area contributed by atoms with Gasteiger partial charge in [0.25, 0.3) is 0 Å². The minimum absolute atomic E-state index is 0.243. The summed E-state index contributed by atoms with van der Waals surface area (Å²) in [5.41, 5.74) is 8.58. The van der Waals surface area contributed by atoms with E-state index in [1.54, 1.807) is 5.56 Å². The zero-order valence-corrected chi connectivity index (χ0v) is 46.0. The highest BCUT2D eigenvalue weighted by Crippen LogP contribution is 2.45. The molecule has 0 aliphatic rings. The number of thiocarbonyl (C=S) groups is 1. The van der Waals surface area contributed by atoms with Crippen LogP contribution in [0.4, 0.5) is 5.69 Å². The third-order valence-electron chi connectivity index (χ3n) is 11.0. The second-order valence-corrected chi connectivity index (χ2v) is 59.3. The molecule has 1 unspecified atom stereocenters. The summed E-state index contributed by atoms with van der Waals surface area (Å²) in [5, 5.41) is 7.11. The van der Waals surface area contributed by atoms with Gasteiger partial charge in [0.1, 0.15) is 0 Å². The fourth-order valence-corrected chi connectivity index (χ4v) is 53.6. The SMILES string of the molecule is Cc1cc(C)c([Si](O)(OC(=S)Nc2ccccc2)c2c(C([Si](C)(C)C)[Si](C)(C)C)cc(C([Si](C)(C)C)[Si](C)(C)C)cc2C([Si](C)(C)C)[Si](C)(C)C)c(C)c1. The zero-order valence-electron chi connectivity index (χ0n) is 38.2. The lowest BCUT2D eigenvalue weighted by molar-refractivity contribution is 0.407. The van der Waals surface area contributed by atoms with E-state index in [0.29, 0.717) is 15.5 Å². The van der Waals surface area contributed by atoms with E-state index in [4.69, 9.17) is 16.6 Å². The van der Waals surface area contributed by atoms with Crippen molar-refractivity contribution in [1.29, 1.82) is 0 Å². The van der Waals surface area contributed by atoms with E-state index in [2.05, 4.69) is 168 Å². The van der Waals surface area contributed by atoms with Crippen LogP contribution in [0.2, 0.25) is 118 Å². The summed E-state index contributed by atoms with van der Waals surface area (Å²) < 4.78 is 7.28. The molecule has 300 valence electrons. The van der Waals surface area contributed by atoms with Gasteiger partial charge in [0.15, 0.2) is 0 Å². The number of hydrogen-bond donors (Lipinski definition) is 2. The van der Waals surface area contributed by atoms with Gasteiger partial charge in [-0.05, 0) is 88.4 Å². The van der Waals surface area contributed by atoms with Crippen molar-refractivity contribution in [3.05, 3.63) is 88.0 Å². The maximum atomic E-state index is 14.4. The van der Waals surface area contributed by atoms with E-state index < -0.39 is 57.0 Å². The standard InChI is InChI=1S/C43H77NO2SSi7/c1-31-27-32(2)38(33(3)28-31)54(45,46-43(47)44-35-25-23-22-24-26-35)39-36(41(50(10,11)12)51(13,14)15)29-34(40(48(4,5)6)49(7,8)9)30-37(39)42(52(16,17)18)53(19,20)21/h22-30,40-42,45H,1-21H3,(H,44,47). The zero-order chi connectivity index (χ0) is 41.8. The van der Waals surface area contributed by atoms with Crippen molar-refractivity contribution >= 4 is 90.5 Å². The van der Waals surface area contributed by atoms with Crippen LogP contribution >= 0.6 is 12.2 Å². The van der Waals surface area contributed by atoms with Crippen LogP contribution in [0.5, 0.6) is 0 Å². The summed E-state index contributed by atoms with van der Waals surface area (Å²) in [5.74, 6) is 0. The van der Waals surface area contributed by atoms with E-state index in [1.807, 2.05) is 30.3 Å². The first-order valence-corrected chi connectivity index (χ1v) is 43.9. The van der Waals surface area contributed by atoms with Crippen molar-refractivity contribution < 1.29 is 9.22 Å². The van der Waals surface area contributed by atoms with Crippen molar-refractivity contribution in [2.45, 2.75) is 154 Å². The quantitative estimate of drug-likeness (QED) is 0.133. The topological polar surface area (TPSA) is 41.5 Å². The molecule has 0 saturated heterocycles. The molecule has 3 aromatic rings. The van der Waals surface area contributed by atoms with Gasteiger partial charge in [-0.2, -0.15) is 0 Å². The second kappa shape index (κ2) is 16.2. The molecule has 3 aromatic carbocycles.